The Hall–Kier alpha value is -1.62. The molecule has 5 atom stereocenters. The van der Waals surface area contributed by atoms with E-state index in [0.717, 1.165) is 0 Å². The Balaban J connectivity index is 2.09. The van der Waals surface area contributed by atoms with E-state index in [1.165, 1.54) is 26.4 Å². The van der Waals surface area contributed by atoms with Crippen molar-refractivity contribution in [2.45, 2.75) is 37.3 Å². The maximum absolute atomic E-state index is 9.91. The van der Waals surface area contributed by atoms with Crippen molar-refractivity contribution in [3.05, 3.63) is 17.7 Å². The van der Waals surface area contributed by atoms with Crippen molar-refractivity contribution in [1.82, 2.24) is 0 Å². The van der Waals surface area contributed by atoms with Gasteiger partial charge in [-0.3, -0.25) is 0 Å². The molecule has 1 fully saturated rings. The largest absolute Gasteiger partial charge is 0.502 e. The molecule has 9 nitrogen and oxygen atoms in total. The molecule has 0 radical (unpaired) electrons. The number of aliphatic hydroxyl groups excluding tert-OH is 4. The number of rotatable bonds is 6. The zero-order valence-electron chi connectivity index (χ0n) is 13.3. The van der Waals surface area contributed by atoms with E-state index < -0.39 is 37.3 Å². The highest BCUT2D eigenvalue weighted by atomic mass is 16.7. The van der Waals surface area contributed by atoms with Crippen molar-refractivity contribution in [3.8, 4) is 17.2 Å². The quantitative estimate of drug-likeness (QED) is 0.426. The number of aliphatic hydroxyl groups is 4. The van der Waals surface area contributed by atoms with Crippen LogP contribution in [-0.4, -0.2) is 77.1 Å². The predicted molar refractivity (Wildman–Crippen MR) is 79.8 cm³/mol. The lowest BCUT2D eigenvalue weighted by atomic mass is 9.99. The lowest BCUT2D eigenvalue weighted by molar-refractivity contribution is -0.304. The summed E-state index contributed by atoms with van der Waals surface area (Å²) >= 11 is 0. The van der Waals surface area contributed by atoms with Gasteiger partial charge in [-0.25, -0.2) is 0 Å². The minimum atomic E-state index is -1.51. The summed E-state index contributed by atoms with van der Waals surface area (Å²) in [5.74, 6) is 0.208. The second kappa shape index (κ2) is 7.97. The first-order valence-electron chi connectivity index (χ1n) is 7.28. The highest BCUT2D eigenvalue weighted by Crippen LogP contribution is 2.37. The molecule has 0 amide bonds. The van der Waals surface area contributed by atoms with Gasteiger partial charge in [0.15, 0.2) is 17.8 Å². The molecule has 1 aromatic carbocycles. The number of methoxy groups -OCH3 is 2. The molecule has 1 saturated heterocycles. The smallest absolute Gasteiger partial charge is 0.200 e. The Morgan fingerprint density at radius 3 is 2.08 bits per heavy atom. The van der Waals surface area contributed by atoms with E-state index >= 15 is 0 Å². The monoisotopic (exact) mass is 346 g/mol. The van der Waals surface area contributed by atoms with Crippen LogP contribution < -0.4 is 9.47 Å². The average molecular weight is 346 g/mol. The van der Waals surface area contributed by atoms with Crippen LogP contribution in [0.3, 0.4) is 0 Å². The number of aromatic hydroxyl groups is 1. The molecule has 1 aromatic rings. The topological polar surface area (TPSA) is 138 Å². The molecule has 0 unspecified atom stereocenters. The van der Waals surface area contributed by atoms with Crippen molar-refractivity contribution >= 4 is 0 Å². The van der Waals surface area contributed by atoms with Crippen LogP contribution in [-0.2, 0) is 16.1 Å². The van der Waals surface area contributed by atoms with E-state index in [0.29, 0.717) is 5.56 Å². The second-order valence-corrected chi connectivity index (χ2v) is 5.36. The highest BCUT2D eigenvalue weighted by molar-refractivity contribution is 5.52. The van der Waals surface area contributed by atoms with Crippen LogP contribution in [0, 0.1) is 0 Å². The Morgan fingerprint density at radius 2 is 1.58 bits per heavy atom. The molecule has 0 spiro atoms. The standard InChI is InChI=1S/C15H22O9/c1-21-8-3-7(4-9(22-2)11(8)17)6-23-15-14(20)13(19)12(18)10(5-16)24-15/h3-4,10,12-20H,5-6H2,1-2H3/t10-,12-,13+,14-,15+/m0/s1. The summed E-state index contributed by atoms with van der Waals surface area (Å²) < 4.78 is 20.7. The van der Waals surface area contributed by atoms with Crippen molar-refractivity contribution in [2.75, 3.05) is 20.8 Å². The molecule has 0 aromatic heterocycles. The van der Waals surface area contributed by atoms with Gasteiger partial charge < -0.3 is 44.5 Å². The lowest BCUT2D eigenvalue weighted by Gasteiger charge is -2.39. The van der Waals surface area contributed by atoms with E-state index in [1.807, 2.05) is 0 Å². The van der Waals surface area contributed by atoms with Crippen molar-refractivity contribution in [2.24, 2.45) is 0 Å². The molecule has 0 aliphatic carbocycles. The summed E-state index contributed by atoms with van der Waals surface area (Å²) in [7, 11) is 2.77. The number of ether oxygens (including phenoxy) is 4. The lowest BCUT2D eigenvalue weighted by Crippen LogP contribution is -2.59. The van der Waals surface area contributed by atoms with Crippen LogP contribution in [0.25, 0.3) is 0 Å². The Kier molecular flexibility index (Phi) is 6.21. The van der Waals surface area contributed by atoms with Crippen molar-refractivity contribution < 1.29 is 44.5 Å². The number of hydrogen-bond acceptors (Lipinski definition) is 9. The van der Waals surface area contributed by atoms with Gasteiger partial charge in [0.25, 0.3) is 0 Å². The molecule has 1 aliphatic heterocycles. The minimum Gasteiger partial charge on any atom is -0.502 e. The van der Waals surface area contributed by atoms with Crippen LogP contribution in [0.2, 0.25) is 0 Å². The van der Waals surface area contributed by atoms with Gasteiger partial charge in [0.1, 0.15) is 24.4 Å². The molecule has 5 N–H and O–H groups in total. The highest BCUT2D eigenvalue weighted by Gasteiger charge is 2.44. The molecule has 1 aliphatic rings. The normalized spacial score (nSPS) is 30.2. The third-order valence-electron chi connectivity index (χ3n) is 3.80. The van der Waals surface area contributed by atoms with Crippen LogP contribution >= 0.6 is 0 Å². The third kappa shape index (κ3) is 3.72. The van der Waals surface area contributed by atoms with Crippen LogP contribution in [0.1, 0.15) is 5.56 Å². The van der Waals surface area contributed by atoms with Crippen LogP contribution in [0.4, 0.5) is 0 Å². The summed E-state index contributed by atoms with van der Waals surface area (Å²) in [6.07, 6.45) is -6.73. The van der Waals surface area contributed by atoms with Gasteiger partial charge in [0.2, 0.25) is 5.75 Å². The van der Waals surface area contributed by atoms with Gasteiger partial charge in [-0.15, -0.1) is 0 Å². The van der Waals surface area contributed by atoms with Crippen LogP contribution in [0.5, 0.6) is 17.2 Å². The molecule has 136 valence electrons. The fraction of sp³-hybridized carbons (Fsp3) is 0.600. The summed E-state index contributed by atoms with van der Waals surface area (Å²) in [6.45, 7) is -0.596. The van der Waals surface area contributed by atoms with Crippen LogP contribution in [0.15, 0.2) is 12.1 Å². The summed E-state index contributed by atoms with van der Waals surface area (Å²) in [5.41, 5.74) is 0.554. The second-order valence-electron chi connectivity index (χ2n) is 5.36. The molecular formula is C15H22O9. The Labute approximate surface area is 138 Å². The zero-order valence-corrected chi connectivity index (χ0v) is 13.3. The fourth-order valence-corrected chi connectivity index (χ4v) is 2.41. The number of hydrogen-bond donors (Lipinski definition) is 5. The third-order valence-corrected chi connectivity index (χ3v) is 3.80. The van der Waals surface area contributed by atoms with E-state index in [1.54, 1.807) is 0 Å². The average Bonchev–Trinajstić information content (AvgIpc) is 2.60. The SMILES string of the molecule is COc1cc(CO[C@@H]2O[C@@H](CO)[C@H](O)[C@@H](O)[C@@H]2O)cc(OC)c1O. The molecular weight excluding hydrogens is 324 g/mol. The molecule has 1 heterocycles. The number of phenols is 1. The summed E-state index contributed by atoms with van der Waals surface area (Å²) in [5, 5.41) is 48.4. The van der Waals surface area contributed by atoms with Gasteiger partial charge in [-0.2, -0.15) is 0 Å². The predicted octanol–water partition coefficient (Wildman–Crippen LogP) is -1.27. The first-order chi connectivity index (χ1) is 11.4. The summed E-state index contributed by atoms with van der Waals surface area (Å²) in [4.78, 5) is 0. The summed E-state index contributed by atoms with van der Waals surface area (Å²) in [6, 6.07) is 3.03. The molecule has 24 heavy (non-hydrogen) atoms. The first-order valence-corrected chi connectivity index (χ1v) is 7.28. The Morgan fingerprint density at radius 1 is 1.00 bits per heavy atom. The molecule has 0 bridgehead atoms. The van der Waals surface area contributed by atoms with Gasteiger partial charge in [-0.1, -0.05) is 0 Å². The Bertz CT molecular complexity index is 523. The van der Waals surface area contributed by atoms with E-state index in [2.05, 4.69) is 0 Å². The van der Waals surface area contributed by atoms with E-state index in [-0.39, 0.29) is 23.9 Å². The minimum absolute atomic E-state index is 0.0598. The number of benzene rings is 1. The van der Waals surface area contributed by atoms with Crippen molar-refractivity contribution in [1.29, 1.82) is 0 Å². The molecule has 0 saturated carbocycles. The maximum Gasteiger partial charge on any atom is 0.200 e. The van der Waals surface area contributed by atoms with Crippen molar-refractivity contribution in [3.63, 3.8) is 0 Å². The fourth-order valence-electron chi connectivity index (χ4n) is 2.41. The molecule has 9 heteroatoms. The maximum atomic E-state index is 9.91. The van der Waals surface area contributed by atoms with Gasteiger partial charge in [0.05, 0.1) is 27.4 Å². The number of phenolic OH excluding ortho intramolecular Hbond substituents is 1. The van der Waals surface area contributed by atoms with E-state index in [4.69, 9.17) is 24.1 Å². The first kappa shape index (κ1) is 18.7. The molecule has 2 rings (SSSR count). The van der Waals surface area contributed by atoms with Gasteiger partial charge in [-0.05, 0) is 17.7 Å². The van der Waals surface area contributed by atoms with Gasteiger partial charge in [0, 0.05) is 0 Å². The zero-order chi connectivity index (χ0) is 17.9. The van der Waals surface area contributed by atoms with E-state index in [9.17, 15) is 20.4 Å². The van der Waals surface area contributed by atoms with Gasteiger partial charge >= 0.3 is 0 Å².